The minimum atomic E-state index is -0.976. The molecule has 3 fully saturated rings. The normalized spacial score (nSPS) is 19.0. The van der Waals surface area contributed by atoms with Gasteiger partial charge in [-0.1, -0.05) is 0 Å². The van der Waals surface area contributed by atoms with Crippen molar-refractivity contribution in [1.82, 2.24) is 39.7 Å². The summed E-state index contributed by atoms with van der Waals surface area (Å²) in [6.45, 7) is 7.18. The fourth-order valence-electron chi connectivity index (χ4n) is 8.20. The second-order valence-electron chi connectivity index (χ2n) is 14.8. The molecule has 16 nitrogen and oxygen atoms in total. The number of fused-ring (bicyclic) bond motifs is 3. The SMILES string of the molecule is Cc1cc(Nc2ncnc3ccc(N4CCN(C5CN(c6ccc7c(c6)C(=O)N(C6CCC(=O)NC6=O)C7=O)C5)CC4)cc23)ccc1Oc1ccn2ncnc2c1. The van der Waals surface area contributed by atoms with E-state index in [1.807, 2.05) is 55.6 Å². The number of pyridine rings is 1. The Labute approximate surface area is 326 Å². The van der Waals surface area contributed by atoms with Crippen molar-refractivity contribution in [3.63, 3.8) is 0 Å². The van der Waals surface area contributed by atoms with E-state index in [2.05, 4.69) is 57.5 Å². The lowest BCUT2D eigenvalue weighted by Crippen LogP contribution is -2.63. The number of ether oxygens (including phenoxy) is 1. The van der Waals surface area contributed by atoms with Crippen LogP contribution in [0.15, 0.2) is 85.6 Å². The number of piperazine rings is 1. The third-order valence-corrected chi connectivity index (χ3v) is 11.4. The summed E-state index contributed by atoms with van der Waals surface area (Å²) in [5.74, 6) is 0.162. The van der Waals surface area contributed by atoms with Crippen LogP contribution in [0.25, 0.3) is 16.6 Å². The third kappa shape index (κ3) is 6.23. The molecule has 0 aliphatic carbocycles. The Morgan fingerprint density at radius 2 is 1.60 bits per heavy atom. The lowest BCUT2D eigenvalue weighted by atomic mass is 10.0. The number of imide groups is 2. The number of nitrogens with one attached hydrogen (secondary N) is 2. The molecule has 3 saturated heterocycles. The van der Waals surface area contributed by atoms with E-state index in [0.717, 1.165) is 89.3 Å². The third-order valence-electron chi connectivity index (χ3n) is 11.4. The quantitative estimate of drug-likeness (QED) is 0.214. The summed E-state index contributed by atoms with van der Waals surface area (Å²) in [5, 5.41) is 10.8. The van der Waals surface area contributed by atoms with Gasteiger partial charge in [-0.2, -0.15) is 5.10 Å². The molecule has 16 heteroatoms. The number of aryl methyl sites for hydroxylation is 1. The molecule has 4 amide bonds. The van der Waals surface area contributed by atoms with Crippen molar-refractivity contribution in [3.8, 4) is 11.5 Å². The summed E-state index contributed by atoms with van der Waals surface area (Å²) in [6, 6.07) is 20.7. The predicted molar refractivity (Wildman–Crippen MR) is 210 cm³/mol. The van der Waals surface area contributed by atoms with Gasteiger partial charge in [-0.05, 0) is 79.6 Å². The number of piperidine rings is 1. The van der Waals surface area contributed by atoms with Crippen LogP contribution in [0, 0.1) is 6.92 Å². The first-order chi connectivity index (χ1) is 27.8. The summed E-state index contributed by atoms with van der Waals surface area (Å²) >= 11 is 0. The molecule has 0 bridgehead atoms. The number of carbonyl (C=O) groups is 4. The van der Waals surface area contributed by atoms with E-state index in [1.165, 1.54) is 6.33 Å². The van der Waals surface area contributed by atoms with Crippen LogP contribution < -0.4 is 25.2 Å². The standard InChI is InChI=1S/C41H37N11O5/c1-24-16-25(2-8-35(24)57-29-10-11-51-36(19-29)43-23-45-51)46-38-32-18-26(4-6-33(32)42-22-44-38)48-12-14-49(15-13-48)28-20-50(21-28)27-3-5-30-31(17-27)41(56)52(40(30)55)34-7-9-37(53)47-39(34)54/h2-6,8,10-11,16-19,22-23,28,34H,7,9,12-15,20-21H2,1H3,(H,42,44,46)(H,47,53,54). The number of hydrogen-bond acceptors (Lipinski definition) is 13. The van der Waals surface area contributed by atoms with E-state index in [9.17, 15) is 19.2 Å². The average Bonchev–Trinajstić information content (AvgIpc) is 3.77. The van der Waals surface area contributed by atoms with Crippen molar-refractivity contribution in [1.29, 1.82) is 0 Å². The van der Waals surface area contributed by atoms with Crippen LogP contribution in [0.2, 0.25) is 0 Å². The van der Waals surface area contributed by atoms with Gasteiger partial charge in [-0.25, -0.2) is 19.5 Å². The first-order valence-corrected chi connectivity index (χ1v) is 18.9. The van der Waals surface area contributed by atoms with Crippen molar-refractivity contribution >= 4 is 63.1 Å². The largest absolute Gasteiger partial charge is 0.457 e. The molecule has 3 aromatic heterocycles. The van der Waals surface area contributed by atoms with Crippen molar-refractivity contribution < 1.29 is 23.9 Å². The Balaban J connectivity index is 0.763. The maximum Gasteiger partial charge on any atom is 0.262 e. The fourth-order valence-corrected chi connectivity index (χ4v) is 8.20. The van der Waals surface area contributed by atoms with Crippen LogP contribution in [0.4, 0.5) is 22.9 Å². The molecule has 10 rings (SSSR count). The molecular formula is C41H37N11O5. The van der Waals surface area contributed by atoms with Gasteiger partial charge in [-0.3, -0.25) is 34.3 Å². The molecule has 1 unspecified atom stereocenters. The molecule has 0 saturated carbocycles. The van der Waals surface area contributed by atoms with Gasteiger partial charge in [-0.15, -0.1) is 0 Å². The van der Waals surface area contributed by atoms with Crippen molar-refractivity contribution in [2.45, 2.75) is 31.8 Å². The van der Waals surface area contributed by atoms with E-state index in [0.29, 0.717) is 28.6 Å². The van der Waals surface area contributed by atoms with E-state index in [-0.39, 0.29) is 12.8 Å². The molecule has 57 heavy (non-hydrogen) atoms. The Kier molecular flexibility index (Phi) is 8.28. The number of aromatic nitrogens is 5. The van der Waals surface area contributed by atoms with Crippen molar-refractivity contribution in [3.05, 3.63) is 102 Å². The molecule has 4 aliphatic heterocycles. The average molecular weight is 764 g/mol. The van der Waals surface area contributed by atoms with Crippen LogP contribution in [-0.2, 0) is 9.59 Å². The molecular weight excluding hydrogens is 727 g/mol. The highest BCUT2D eigenvalue weighted by molar-refractivity contribution is 6.23. The number of rotatable bonds is 8. The summed E-state index contributed by atoms with van der Waals surface area (Å²) in [5.41, 5.74) is 5.99. The molecule has 7 heterocycles. The topological polar surface area (TPSA) is 170 Å². The van der Waals surface area contributed by atoms with Gasteiger partial charge >= 0.3 is 0 Å². The van der Waals surface area contributed by atoms with E-state index < -0.39 is 29.7 Å². The molecule has 286 valence electrons. The van der Waals surface area contributed by atoms with Crippen LogP contribution in [-0.4, -0.2) is 109 Å². The Morgan fingerprint density at radius 1 is 0.789 bits per heavy atom. The first kappa shape index (κ1) is 34.5. The zero-order chi connectivity index (χ0) is 38.8. The maximum absolute atomic E-state index is 13.3. The van der Waals surface area contributed by atoms with E-state index >= 15 is 0 Å². The summed E-state index contributed by atoms with van der Waals surface area (Å²) in [4.78, 5) is 72.0. The lowest BCUT2D eigenvalue weighted by molar-refractivity contribution is -0.136. The maximum atomic E-state index is 13.3. The number of anilines is 4. The highest BCUT2D eigenvalue weighted by atomic mass is 16.5. The zero-order valence-corrected chi connectivity index (χ0v) is 31.0. The molecule has 1 atom stereocenters. The van der Waals surface area contributed by atoms with Gasteiger partial charge in [0.15, 0.2) is 5.65 Å². The number of hydrogen-bond donors (Lipinski definition) is 2. The van der Waals surface area contributed by atoms with Gasteiger partial charge in [0, 0.05) is 86.4 Å². The van der Waals surface area contributed by atoms with Gasteiger partial charge < -0.3 is 19.9 Å². The van der Waals surface area contributed by atoms with E-state index in [4.69, 9.17) is 4.74 Å². The molecule has 3 aromatic carbocycles. The van der Waals surface area contributed by atoms with Gasteiger partial charge in [0.1, 0.15) is 36.0 Å². The number of carbonyl (C=O) groups excluding carboxylic acids is 4. The Morgan fingerprint density at radius 3 is 2.42 bits per heavy atom. The molecule has 0 radical (unpaired) electrons. The van der Waals surface area contributed by atoms with Crippen LogP contribution in [0.3, 0.4) is 0 Å². The number of benzene rings is 3. The zero-order valence-electron chi connectivity index (χ0n) is 31.0. The Bertz CT molecular complexity index is 2630. The summed E-state index contributed by atoms with van der Waals surface area (Å²) in [6.07, 6.45) is 5.12. The van der Waals surface area contributed by atoms with Crippen molar-refractivity contribution in [2.24, 2.45) is 0 Å². The minimum absolute atomic E-state index is 0.0901. The highest BCUT2D eigenvalue weighted by Gasteiger charge is 2.45. The lowest BCUT2D eigenvalue weighted by Gasteiger charge is -2.49. The van der Waals surface area contributed by atoms with Crippen molar-refractivity contribution in [2.75, 3.05) is 54.4 Å². The molecule has 4 aliphatic rings. The molecule has 6 aromatic rings. The number of amides is 4. The van der Waals surface area contributed by atoms with Crippen LogP contribution in [0.5, 0.6) is 11.5 Å². The minimum Gasteiger partial charge on any atom is -0.457 e. The highest BCUT2D eigenvalue weighted by Crippen LogP contribution is 2.35. The molecule has 0 spiro atoms. The second kappa shape index (κ2) is 13.7. The van der Waals surface area contributed by atoms with Gasteiger partial charge in [0.05, 0.1) is 16.6 Å². The predicted octanol–water partition coefficient (Wildman–Crippen LogP) is 3.93. The summed E-state index contributed by atoms with van der Waals surface area (Å²) in [7, 11) is 0. The smallest absolute Gasteiger partial charge is 0.262 e. The van der Waals surface area contributed by atoms with Crippen LogP contribution >= 0.6 is 0 Å². The van der Waals surface area contributed by atoms with E-state index in [1.54, 1.807) is 23.0 Å². The summed E-state index contributed by atoms with van der Waals surface area (Å²) < 4.78 is 7.85. The Hall–Kier alpha value is -6.94. The fraction of sp³-hybridized carbons (Fsp3) is 0.268. The monoisotopic (exact) mass is 763 g/mol. The number of nitrogens with zero attached hydrogens (tertiary/aromatic N) is 9. The van der Waals surface area contributed by atoms with Gasteiger partial charge in [0.25, 0.3) is 11.8 Å². The van der Waals surface area contributed by atoms with Gasteiger partial charge in [0.2, 0.25) is 11.8 Å². The molecule has 2 N–H and O–H groups in total. The first-order valence-electron chi connectivity index (χ1n) is 18.9. The van der Waals surface area contributed by atoms with Crippen LogP contribution in [0.1, 0.15) is 39.1 Å². The second-order valence-corrected chi connectivity index (χ2v) is 14.8.